The van der Waals surface area contributed by atoms with Crippen molar-refractivity contribution in [2.45, 2.75) is 25.6 Å². The summed E-state index contributed by atoms with van der Waals surface area (Å²) in [5, 5.41) is 1.36. The van der Waals surface area contributed by atoms with Crippen LogP contribution in [0.1, 0.15) is 34.0 Å². The molecule has 3 aromatic carbocycles. The van der Waals surface area contributed by atoms with Crippen LogP contribution in [0.5, 0.6) is 0 Å². The van der Waals surface area contributed by atoms with E-state index in [0.29, 0.717) is 0 Å². The van der Waals surface area contributed by atoms with E-state index in [-0.39, 0.29) is 6.04 Å². The number of aromatic amines is 1. The molecule has 0 fully saturated rings. The summed E-state index contributed by atoms with van der Waals surface area (Å²) in [6, 6.07) is 34.8. The second-order valence-corrected chi connectivity index (χ2v) is 9.72. The van der Waals surface area contributed by atoms with Crippen LogP contribution < -0.4 is 0 Å². The molecule has 1 aliphatic heterocycles. The van der Waals surface area contributed by atoms with Crippen LogP contribution in [0.3, 0.4) is 0 Å². The van der Waals surface area contributed by atoms with E-state index in [0.717, 1.165) is 39.1 Å². The smallest absolute Gasteiger partial charge is 0.0772 e. The minimum Gasteiger partial charge on any atom is -0.357 e. The highest BCUT2D eigenvalue weighted by Crippen LogP contribution is 2.38. The minimum absolute atomic E-state index is 0.185. The van der Waals surface area contributed by atoms with Gasteiger partial charge in [0.2, 0.25) is 0 Å². The molecule has 0 bridgehead atoms. The number of benzene rings is 3. The van der Waals surface area contributed by atoms with Crippen molar-refractivity contribution in [2.24, 2.45) is 0 Å². The number of nitrogens with one attached hydrogen (secondary N) is 1. The lowest BCUT2D eigenvalue weighted by Gasteiger charge is -2.37. The van der Waals surface area contributed by atoms with Crippen molar-refractivity contribution in [3.05, 3.63) is 137 Å². The summed E-state index contributed by atoms with van der Waals surface area (Å²) in [5.41, 5.74) is 7.98. The van der Waals surface area contributed by atoms with Crippen LogP contribution in [0, 0.1) is 0 Å². The second kappa shape index (κ2) is 10.5. The van der Waals surface area contributed by atoms with Gasteiger partial charge in [-0.3, -0.25) is 14.8 Å². The monoisotopic (exact) mass is 472 g/mol. The molecule has 2 aromatic heterocycles. The zero-order valence-corrected chi connectivity index (χ0v) is 20.6. The average molecular weight is 473 g/mol. The zero-order chi connectivity index (χ0) is 24.2. The summed E-state index contributed by atoms with van der Waals surface area (Å²) in [6.45, 7) is 4.92. The van der Waals surface area contributed by atoms with Gasteiger partial charge in [-0.1, -0.05) is 84.9 Å². The van der Waals surface area contributed by atoms with E-state index in [9.17, 15) is 0 Å². The Balaban J connectivity index is 1.28. The van der Waals surface area contributed by atoms with Crippen LogP contribution in [0.2, 0.25) is 0 Å². The third-order valence-electron chi connectivity index (χ3n) is 7.34. The van der Waals surface area contributed by atoms with E-state index in [1.165, 1.54) is 38.9 Å². The highest BCUT2D eigenvalue weighted by molar-refractivity contribution is 5.85. The Bertz CT molecular complexity index is 1350. The lowest BCUT2D eigenvalue weighted by Crippen LogP contribution is -2.41. The van der Waals surface area contributed by atoms with Gasteiger partial charge in [0, 0.05) is 61.7 Å². The van der Waals surface area contributed by atoms with Gasteiger partial charge in [0.25, 0.3) is 0 Å². The topological polar surface area (TPSA) is 35.2 Å². The van der Waals surface area contributed by atoms with Gasteiger partial charge < -0.3 is 4.98 Å². The highest BCUT2D eigenvalue weighted by Gasteiger charge is 2.31. The number of H-pyrrole nitrogens is 1. The first-order chi connectivity index (χ1) is 17.8. The summed E-state index contributed by atoms with van der Waals surface area (Å²) >= 11 is 0. The number of rotatable bonds is 8. The van der Waals surface area contributed by atoms with Crippen LogP contribution in [-0.4, -0.2) is 39.4 Å². The maximum atomic E-state index is 4.48. The van der Waals surface area contributed by atoms with Crippen LogP contribution in [0.4, 0.5) is 0 Å². The molecule has 3 heterocycles. The Morgan fingerprint density at radius 1 is 0.806 bits per heavy atom. The van der Waals surface area contributed by atoms with Gasteiger partial charge in [0.15, 0.2) is 0 Å². The fourth-order valence-electron chi connectivity index (χ4n) is 5.61. The predicted octanol–water partition coefficient (Wildman–Crippen LogP) is 6.21. The number of hydrogen-bond donors (Lipinski definition) is 1. The second-order valence-electron chi connectivity index (χ2n) is 9.72. The molecular formula is C32H32N4. The van der Waals surface area contributed by atoms with Crippen molar-refractivity contribution < 1.29 is 0 Å². The van der Waals surface area contributed by atoms with Crippen LogP contribution in [0.25, 0.3) is 10.9 Å². The normalized spacial score (nSPS) is 15.9. The third-order valence-corrected chi connectivity index (χ3v) is 7.34. The van der Waals surface area contributed by atoms with E-state index in [1.807, 2.05) is 12.4 Å². The first kappa shape index (κ1) is 22.7. The Morgan fingerprint density at radius 2 is 1.50 bits per heavy atom. The highest BCUT2D eigenvalue weighted by atomic mass is 15.2. The van der Waals surface area contributed by atoms with E-state index in [4.69, 9.17) is 0 Å². The summed E-state index contributed by atoms with van der Waals surface area (Å²) in [5.74, 6) is 0. The van der Waals surface area contributed by atoms with Crippen LogP contribution >= 0.6 is 0 Å². The minimum atomic E-state index is 0.185. The molecule has 36 heavy (non-hydrogen) atoms. The van der Waals surface area contributed by atoms with E-state index in [1.54, 1.807) is 0 Å². The summed E-state index contributed by atoms with van der Waals surface area (Å²) in [4.78, 5) is 13.5. The molecule has 1 aliphatic rings. The fourth-order valence-corrected chi connectivity index (χ4v) is 5.61. The number of fused-ring (bicyclic) bond motifs is 3. The van der Waals surface area contributed by atoms with Gasteiger partial charge in [-0.05, 0) is 40.8 Å². The van der Waals surface area contributed by atoms with Gasteiger partial charge in [0.05, 0.1) is 6.04 Å². The first-order valence-corrected chi connectivity index (χ1v) is 12.9. The number of para-hydroxylation sites is 1. The van der Waals surface area contributed by atoms with Crippen LogP contribution in [0.15, 0.2) is 109 Å². The van der Waals surface area contributed by atoms with Gasteiger partial charge in [0.1, 0.15) is 0 Å². The molecule has 1 N–H and O–H groups in total. The fraction of sp³-hybridized carbons (Fsp3) is 0.219. The molecule has 0 saturated heterocycles. The van der Waals surface area contributed by atoms with Crippen molar-refractivity contribution in [1.29, 1.82) is 0 Å². The molecule has 0 amide bonds. The quantitative estimate of drug-likeness (QED) is 0.291. The lowest BCUT2D eigenvalue weighted by molar-refractivity contribution is 0.160. The molecule has 5 aromatic rings. The van der Waals surface area contributed by atoms with E-state index in [2.05, 4.69) is 117 Å². The average Bonchev–Trinajstić information content (AvgIpc) is 3.32. The largest absolute Gasteiger partial charge is 0.357 e. The Kier molecular flexibility index (Phi) is 6.62. The summed E-state index contributed by atoms with van der Waals surface area (Å²) in [7, 11) is 0. The number of aromatic nitrogens is 2. The maximum Gasteiger partial charge on any atom is 0.0772 e. The van der Waals surface area contributed by atoms with Gasteiger partial charge in [-0.15, -0.1) is 0 Å². The molecule has 1 atom stereocenters. The van der Waals surface area contributed by atoms with E-state index >= 15 is 0 Å². The van der Waals surface area contributed by atoms with Gasteiger partial charge >= 0.3 is 0 Å². The van der Waals surface area contributed by atoms with Crippen molar-refractivity contribution in [2.75, 3.05) is 19.6 Å². The molecule has 0 saturated carbocycles. The predicted molar refractivity (Wildman–Crippen MR) is 147 cm³/mol. The Morgan fingerprint density at radius 3 is 2.19 bits per heavy atom. The van der Waals surface area contributed by atoms with Gasteiger partial charge in [-0.25, -0.2) is 0 Å². The first-order valence-electron chi connectivity index (χ1n) is 12.9. The van der Waals surface area contributed by atoms with Crippen molar-refractivity contribution in [3.63, 3.8) is 0 Å². The van der Waals surface area contributed by atoms with Crippen molar-refractivity contribution in [1.82, 2.24) is 19.8 Å². The molecule has 0 radical (unpaired) electrons. The zero-order valence-electron chi connectivity index (χ0n) is 20.6. The molecule has 0 spiro atoms. The van der Waals surface area contributed by atoms with Crippen molar-refractivity contribution in [3.8, 4) is 0 Å². The SMILES string of the molecule is c1ccc(CN(CCN2CCc3c([nH]c4ccccc34)C2c2cccnc2)Cc2ccccc2)cc1. The van der Waals surface area contributed by atoms with Gasteiger partial charge in [-0.2, -0.15) is 0 Å². The molecule has 4 heteroatoms. The maximum absolute atomic E-state index is 4.48. The molecule has 180 valence electrons. The lowest BCUT2D eigenvalue weighted by atomic mass is 9.93. The number of pyridine rings is 1. The van der Waals surface area contributed by atoms with Crippen molar-refractivity contribution >= 4 is 10.9 Å². The molecule has 1 unspecified atom stereocenters. The number of nitrogens with zero attached hydrogens (tertiary/aromatic N) is 3. The Hall–Kier alpha value is -3.73. The van der Waals surface area contributed by atoms with Crippen LogP contribution in [-0.2, 0) is 19.5 Å². The summed E-state index contributed by atoms with van der Waals surface area (Å²) < 4.78 is 0. The molecule has 6 rings (SSSR count). The third kappa shape index (κ3) is 4.83. The number of hydrogen-bond acceptors (Lipinski definition) is 3. The Labute approximate surface area is 213 Å². The summed E-state index contributed by atoms with van der Waals surface area (Å²) in [6.07, 6.45) is 4.96. The molecular weight excluding hydrogens is 440 g/mol. The standard InChI is InChI=1S/C32H32N4/c1-3-10-25(11-4-1)23-35(24-26-12-5-2-6-13-26)20-21-36-19-17-29-28-15-7-8-16-30(28)34-31(29)32(36)27-14-9-18-33-22-27/h1-16,18,22,32,34H,17,19-21,23-24H2. The molecule has 0 aliphatic carbocycles. The van der Waals surface area contributed by atoms with E-state index < -0.39 is 0 Å². The molecule has 4 nitrogen and oxygen atoms in total.